The van der Waals surface area contributed by atoms with Crippen LogP contribution in [0.3, 0.4) is 0 Å². The smallest absolute Gasteiger partial charge is 0.290 e. The fraction of sp³-hybridized carbons (Fsp3) is 0.421. The van der Waals surface area contributed by atoms with Crippen molar-refractivity contribution in [3.63, 3.8) is 0 Å². The molecule has 1 aliphatic rings. The molecule has 1 aromatic carbocycles. The molecule has 0 spiro atoms. The third kappa shape index (κ3) is 7.94. The van der Waals surface area contributed by atoms with Gasteiger partial charge in [-0.15, -0.1) is 0 Å². The van der Waals surface area contributed by atoms with Gasteiger partial charge < -0.3 is 21.6 Å². The van der Waals surface area contributed by atoms with Crippen LogP contribution in [0.4, 0.5) is 0 Å². The highest BCUT2D eigenvalue weighted by atomic mass is 16.3. The van der Waals surface area contributed by atoms with Gasteiger partial charge in [0, 0.05) is 19.3 Å². The number of nitrogens with zero attached hydrogens (tertiary/aromatic N) is 1. The predicted molar refractivity (Wildman–Crippen MR) is 102 cm³/mol. The number of likely N-dealkylation sites (tertiary alicyclic amines) is 1. The first kappa shape index (κ1) is 21.4. The second kappa shape index (κ2) is 11.8. The van der Waals surface area contributed by atoms with Crippen molar-refractivity contribution in [3.8, 4) is 0 Å². The van der Waals surface area contributed by atoms with Gasteiger partial charge in [0.2, 0.25) is 0 Å². The second-order valence-electron chi connectivity index (χ2n) is 6.31. The van der Waals surface area contributed by atoms with Gasteiger partial charge in [0.15, 0.2) is 0 Å². The topological polar surface area (TPSA) is 120 Å². The minimum absolute atomic E-state index is 0.0943. The van der Waals surface area contributed by atoms with Gasteiger partial charge in [0.05, 0.1) is 5.70 Å². The number of nitrogens with two attached hydrogens (primary N) is 1. The number of allylic oxidation sites excluding steroid dienone is 1. The summed E-state index contributed by atoms with van der Waals surface area (Å²) in [5.74, 6) is 0.219. The highest BCUT2D eigenvalue weighted by Gasteiger charge is 2.20. The van der Waals surface area contributed by atoms with Gasteiger partial charge in [-0.25, -0.2) is 0 Å². The lowest BCUT2D eigenvalue weighted by molar-refractivity contribution is -0.123. The number of rotatable bonds is 6. The quantitative estimate of drug-likeness (QED) is 0.348. The summed E-state index contributed by atoms with van der Waals surface area (Å²) in [7, 11) is 0. The van der Waals surface area contributed by atoms with Crippen molar-refractivity contribution in [2.75, 3.05) is 19.6 Å². The average molecular weight is 360 g/mol. The number of carboxylic acid groups (broad SMARTS) is 1. The summed E-state index contributed by atoms with van der Waals surface area (Å²) in [5, 5.41) is 16.7. The molecule has 0 aliphatic carbocycles. The van der Waals surface area contributed by atoms with Gasteiger partial charge >= 0.3 is 0 Å². The van der Waals surface area contributed by atoms with Gasteiger partial charge in [0.1, 0.15) is 0 Å². The monoisotopic (exact) mass is 360 g/mol. The van der Waals surface area contributed by atoms with E-state index in [9.17, 15) is 4.79 Å². The van der Waals surface area contributed by atoms with Gasteiger partial charge in [-0.05, 0) is 50.4 Å². The molecule has 1 amide bonds. The maximum Gasteiger partial charge on any atom is 0.290 e. The molecule has 0 bridgehead atoms. The van der Waals surface area contributed by atoms with Crippen LogP contribution < -0.4 is 11.1 Å². The highest BCUT2D eigenvalue weighted by Crippen LogP contribution is 2.18. The molecule has 1 fully saturated rings. The van der Waals surface area contributed by atoms with E-state index in [1.54, 1.807) is 0 Å². The van der Waals surface area contributed by atoms with E-state index in [-0.39, 0.29) is 18.1 Å². The Morgan fingerprint density at radius 2 is 1.92 bits per heavy atom. The molecule has 26 heavy (non-hydrogen) atoms. The molecule has 0 atom stereocenters. The van der Waals surface area contributed by atoms with Gasteiger partial charge in [-0.3, -0.25) is 14.5 Å². The van der Waals surface area contributed by atoms with Crippen molar-refractivity contribution in [3.05, 3.63) is 47.2 Å². The fourth-order valence-corrected chi connectivity index (χ4v) is 2.80. The average Bonchev–Trinajstić information content (AvgIpc) is 2.63. The summed E-state index contributed by atoms with van der Waals surface area (Å²) >= 11 is 0. The maximum atomic E-state index is 11.7. The largest absolute Gasteiger partial charge is 0.483 e. The third-order valence-electron chi connectivity index (χ3n) is 4.31. The molecule has 0 unspecified atom stereocenters. The SMILES string of the molecule is Cc1ccc(CN2CCC(CNC(=O)/C(N)=C/C=N)CC2)cc1.O=CO. The molecular weight excluding hydrogens is 332 g/mol. The summed E-state index contributed by atoms with van der Waals surface area (Å²) in [5.41, 5.74) is 8.29. The summed E-state index contributed by atoms with van der Waals surface area (Å²) in [6.07, 6.45) is 4.50. The molecule has 2 rings (SSSR count). The number of amides is 1. The van der Waals surface area contributed by atoms with E-state index >= 15 is 0 Å². The molecule has 1 aromatic rings. The number of benzene rings is 1. The van der Waals surface area contributed by atoms with E-state index < -0.39 is 0 Å². The first-order valence-corrected chi connectivity index (χ1v) is 8.60. The minimum atomic E-state index is -0.282. The zero-order valence-corrected chi connectivity index (χ0v) is 15.1. The summed E-state index contributed by atoms with van der Waals surface area (Å²) in [6, 6.07) is 8.70. The molecule has 142 valence electrons. The standard InChI is InChI=1S/C18H26N4O.CH2O2/c1-14-2-4-16(5-3-14)13-22-10-7-15(8-11-22)12-21-18(23)17(20)6-9-19;2-1-3/h2-6,9,15,19H,7-8,10-13,20H2,1H3,(H,21,23);1H,(H,2,3)/b17-6-,19-9?;. The van der Waals surface area contributed by atoms with Crippen LogP contribution in [0.1, 0.15) is 24.0 Å². The zero-order chi connectivity index (χ0) is 19.4. The number of carbonyl (C=O) groups excluding carboxylic acids is 1. The maximum absolute atomic E-state index is 11.7. The first-order valence-electron chi connectivity index (χ1n) is 8.60. The summed E-state index contributed by atoms with van der Waals surface area (Å²) < 4.78 is 0. The Morgan fingerprint density at radius 3 is 2.46 bits per heavy atom. The Labute approximate surface area is 154 Å². The zero-order valence-electron chi connectivity index (χ0n) is 15.1. The normalized spacial score (nSPS) is 15.5. The van der Waals surface area contributed by atoms with E-state index in [2.05, 4.69) is 41.4 Å². The van der Waals surface area contributed by atoms with Crippen LogP contribution in [0, 0.1) is 18.3 Å². The number of hydrogen-bond acceptors (Lipinski definition) is 5. The van der Waals surface area contributed by atoms with Gasteiger partial charge in [0.25, 0.3) is 12.4 Å². The van der Waals surface area contributed by atoms with E-state index in [4.69, 9.17) is 21.0 Å². The van der Waals surface area contributed by atoms with Crippen molar-refractivity contribution < 1.29 is 14.7 Å². The van der Waals surface area contributed by atoms with Crippen LogP contribution in [0.5, 0.6) is 0 Å². The van der Waals surface area contributed by atoms with Crippen LogP contribution in [0.25, 0.3) is 0 Å². The van der Waals surface area contributed by atoms with Crippen LogP contribution >= 0.6 is 0 Å². The number of aryl methyl sites for hydroxylation is 1. The van der Waals surface area contributed by atoms with Crippen LogP contribution in [-0.2, 0) is 16.1 Å². The molecule has 1 saturated heterocycles. The van der Waals surface area contributed by atoms with E-state index in [1.165, 1.54) is 17.2 Å². The Morgan fingerprint density at radius 1 is 1.35 bits per heavy atom. The number of hydrogen-bond donors (Lipinski definition) is 4. The minimum Gasteiger partial charge on any atom is -0.483 e. The van der Waals surface area contributed by atoms with Crippen molar-refractivity contribution in [1.29, 1.82) is 5.41 Å². The molecule has 7 nitrogen and oxygen atoms in total. The molecule has 7 heteroatoms. The first-order chi connectivity index (χ1) is 12.5. The Bertz CT molecular complexity index is 606. The molecular formula is C19H28N4O3. The number of carbonyl (C=O) groups is 2. The molecule has 0 aromatic heterocycles. The molecule has 5 N–H and O–H groups in total. The van der Waals surface area contributed by atoms with Crippen molar-refractivity contribution in [1.82, 2.24) is 10.2 Å². The lowest BCUT2D eigenvalue weighted by Gasteiger charge is -2.32. The fourth-order valence-electron chi connectivity index (χ4n) is 2.80. The third-order valence-corrected chi connectivity index (χ3v) is 4.31. The number of nitrogens with one attached hydrogen (secondary N) is 2. The molecule has 0 saturated carbocycles. The molecule has 1 aliphatic heterocycles. The van der Waals surface area contributed by atoms with Crippen LogP contribution in [0.15, 0.2) is 36.0 Å². The highest BCUT2D eigenvalue weighted by molar-refractivity contribution is 5.95. The Balaban J connectivity index is 0.00000105. The van der Waals surface area contributed by atoms with Crippen LogP contribution in [-0.4, -0.2) is 48.2 Å². The lowest BCUT2D eigenvalue weighted by atomic mass is 9.96. The summed E-state index contributed by atoms with van der Waals surface area (Å²) in [4.78, 5) is 22.5. The van der Waals surface area contributed by atoms with E-state index in [0.29, 0.717) is 12.5 Å². The van der Waals surface area contributed by atoms with Crippen molar-refractivity contribution >= 4 is 18.6 Å². The van der Waals surface area contributed by atoms with Gasteiger partial charge in [-0.2, -0.15) is 0 Å². The molecule has 1 heterocycles. The predicted octanol–water partition coefficient (Wildman–Crippen LogP) is 1.52. The molecule has 0 radical (unpaired) electrons. The summed E-state index contributed by atoms with van der Waals surface area (Å²) in [6.45, 7) is 5.62. The van der Waals surface area contributed by atoms with Crippen molar-refractivity contribution in [2.24, 2.45) is 11.7 Å². The number of piperidine rings is 1. The Hall–Kier alpha value is -2.67. The van der Waals surface area contributed by atoms with E-state index in [0.717, 1.165) is 38.7 Å². The van der Waals surface area contributed by atoms with E-state index in [1.807, 2.05) is 0 Å². The Kier molecular flexibility index (Phi) is 9.71. The van der Waals surface area contributed by atoms with Crippen LogP contribution in [0.2, 0.25) is 0 Å². The lowest BCUT2D eigenvalue weighted by Crippen LogP contribution is -2.39. The van der Waals surface area contributed by atoms with Crippen molar-refractivity contribution in [2.45, 2.75) is 26.3 Å². The second-order valence-corrected chi connectivity index (χ2v) is 6.31. The van der Waals surface area contributed by atoms with Gasteiger partial charge in [-0.1, -0.05) is 29.8 Å².